The zero-order chi connectivity index (χ0) is 18.8. The van der Waals surface area contributed by atoms with E-state index in [0.29, 0.717) is 35.3 Å². The maximum absolute atomic E-state index is 12.1. The van der Waals surface area contributed by atoms with Gasteiger partial charge >= 0.3 is 6.09 Å². The molecule has 1 rings (SSSR count). The van der Waals surface area contributed by atoms with Gasteiger partial charge in [0.05, 0.1) is 14.2 Å². The SMILES string of the molecule is CCCN(CCC)C(=O)ONC(=S)Nc1c(OC)ccc(OC)c1Cl. The van der Waals surface area contributed by atoms with E-state index in [0.717, 1.165) is 12.8 Å². The molecule has 0 spiro atoms. The lowest BCUT2D eigenvalue weighted by Gasteiger charge is -2.21. The van der Waals surface area contributed by atoms with Gasteiger partial charge in [-0.3, -0.25) is 0 Å². The zero-order valence-corrected chi connectivity index (χ0v) is 16.4. The molecule has 0 bridgehead atoms. The van der Waals surface area contributed by atoms with Crippen molar-refractivity contribution in [3.63, 3.8) is 0 Å². The van der Waals surface area contributed by atoms with E-state index in [4.69, 9.17) is 38.1 Å². The molecule has 9 heteroatoms. The minimum atomic E-state index is -0.489. The zero-order valence-electron chi connectivity index (χ0n) is 14.8. The molecule has 0 heterocycles. The Morgan fingerprint density at radius 1 is 1.16 bits per heavy atom. The van der Waals surface area contributed by atoms with Crippen LogP contribution in [0.4, 0.5) is 10.5 Å². The standard InChI is InChI=1S/C16H24ClN3O4S/c1-5-9-20(10-6-2)16(21)24-19-15(25)18-14-12(23-4)8-7-11(22-3)13(14)17/h7-8H,5-6,9-10H2,1-4H3,(H2,18,19,25). The molecule has 0 fully saturated rings. The summed E-state index contributed by atoms with van der Waals surface area (Å²) in [7, 11) is 3.01. The van der Waals surface area contributed by atoms with Gasteiger partial charge in [0.1, 0.15) is 22.2 Å². The first-order valence-electron chi connectivity index (χ1n) is 7.91. The highest BCUT2D eigenvalue weighted by Gasteiger charge is 2.17. The lowest BCUT2D eigenvalue weighted by molar-refractivity contribution is 0.0803. The summed E-state index contributed by atoms with van der Waals surface area (Å²) in [6.45, 7) is 5.22. The van der Waals surface area contributed by atoms with Crippen LogP contribution in [0, 0.1) is 0 Å². The van der Waals surface area contributed by atoms with Gasteiger partial charge in [0.2, 0.25) is 5.11 Å². The fraction of sp³-hybridized carbons (Fsp3) is 0.500. The Labute approximate surface area is 158 Å². The van der Waals surface area contributed by atoms with Crippen molar-refractivity contribution in [2.24, 2.45) is 0 Å². The maximum atomic E-state index is 12.1. The molecule has 0 unspecified atom stereocenters. The van der Waals surface area contributed by atoms with E-state index in [1.54, 1.807) is 17.0 Å². The topological polar surface area (TPSA) is 72.1 Å². The van der Waals surface area contributed by atoms with Crippen LogP contribution in [0.2, 0.25) is 5.02 Å². The molecule has 1 amide bonds. The van der Waals surface area contributed by atoms with Crippen LogP contribution in [0.1, 0.15) is 26.7 Å². The first-order chi connectivity index (χ1) is 12.0. The van der Waals surface area contributed by atoms with Crippen LogP contribution >= 0.6 is 23.8 Å². The van der Waals surface area contributed by atoms with Crippen LogP contribution in [0.15, 0.2) is 12.1 Å². The van der Waals surface area contributed by atoms with Crippen molar-refractivity contribution in [1.29, 1.82) is 0 Å². The minimum absolute atomic E-state index is 0.0646. The second kappa shape index (κ2) is 10.8. The lowest BCUT2D eigenvalue weighted by Crippen LogP contribution is -2.39. The van der Waals surface area contributed by atoms with Crippen molar-refractivity contribution in [3.05, 3.63) is 17.2 Å². The molecule has 2 N–H and O–H groups in total. The highest BCUT2D eigenvalue weighted by atomic mass is 35.5. The van der Waals surface area contributed by atoms with E-state index < -0.39 is 6.09 Å². The molecule has 0 aliphatic rings. The number of carbonyl (C=O) groups is 1. The summed E-state index contributed by atoms with van der Waals surface area (Å²) < 4.78 is 10.4. The van der Waals surface area contributed by atoms with Crippen LogP contribution in [0.25, 0.3) is 0 Å². The van der Waals surface area contributed by atoms with Crippen molar-refractivity contribution < 1.29 is 19.1 Å². The van der Waals surface area contributed by atoms with E-state index in [9.17, 15) is 4.79 Å². The van der Waals surface area contributed by atoms with Gasteiger partial charge in [-0.25, -0.2) is 4.79 Å². The summed E-state index contributed by atoms with van der Waals surface area (Å²) in [5.74, 6) is 0.932. The van der Waals surface area contributed by atoms with Gasteiger partial charge in [0.25, 0.3) is 0 Å². The molecule has 0 saturated heterocycles. The van der Waals surface area contributed by atoms with Crippen LogP contribution < -0.4 is 20.3 Å². The number of benzene rings is 1. The van der Waals surface area contributed by atoms with Crippen molar-refractivity contribution in [2.75, 3.05) is 32.6 Å². The summed E-state index contributed by atoms with van der Waals surface area (Å²) in [5, 5.41) is 3.22. The van der Waals surface area contributed by atoms with Crippen molar-refractivity contribution in [2.45, 2.75) is 26.7 Å². The van der Waals surface area contributed by atoms with Crippen molar-refractivity contribution >= 4 is 40.7 Å². The van der Waals surface area contributed by atoms with E-state index in [1.807, 2.05) is 13.8 Å². The Bertz CT molecular complexity index is 595. The van der Waals surface area contributed by atoms with E-state index >= 15 is 0 Å². The average Bonchev–Trinajstić information content (AvgIpc) is 2.61. The molecule has 25 heavy (non-hydrogen) atoms. The minimum Gasteiger partial charge on any atom is -0.495 e. The predicted molar refractivity (Wildman–Crippen MR) is 103 cm³/mol. The molecular formula is C16H24ClN3O4S. The number of nitrogens with one attached hydrogen (secondary N) is 2. The van der Waals surface area contributed by atoms with Gasteiger partial charge in [0.15, 0.2) is 0 Å². The Kier molecular flexibility index (Phi) is 9.15. The third kappa shape index (κ3) is 6.13. The van der Waals surface area contributed by atoms with Gasteiger partial charge < -0.3 is 24.5 Å². The summed E-state index contributed by atoms with van der Waals surface area (Å²) in [6, 6.07) is 3.36. The third-order valence-corrected chi connectivity index (χ3v) is 3.78. The third-order valence-electron chi connectivity index (χ3n) is 3.22. The number of carbonyl (C=O) groups excluding carboxylic acids is 1. The summed E-state index contributed by atoms with van der Waals surface area (Å²) in [5.41, 5.74) is 2.83. The van der Waals surface area contributed by atoms with Gasteiger partial charge in [-0.1, -0.05) is 25.4 Å². The van der Waals surface area contributed by atoms with Crippen LogP contribution in [-0.4, -0.2) is 43.4 Å². The second-order valence-electron chi connectivity index (χ2n) is 5.07. The average molecular weight is 390 g/mol. The first-order valence-corrected chi connectivity index (χ1v) is 8.70. The number of halogens is 1. The number of methoxy groups -OCH3 is 2. The highest BCUT2D eigenvalue weighted by Crippen LogP contribution is 2.39. The molecule has 0 aliphatic heterocycles. The quantitative estimate of drug-likeness (QED) is 0.542. The number of hydroxylamine groups is 1. The van der Waals surface area contributed by atoms with E-state index in [-0.39, 0.29) is 5.11 Å². The number of thiocarbonyl (C=S) groups is 1. The van der Waals surface area contributed by atoms with Gasteiger partial charge in [-0.2, -0.15) is 5.48 Å². The number of hydrogen-bond donors (Lipinski definition) is 2. The van der Waals surface area contributed by atoms with E-state index in [1.165, 1.54) is 14.2 Å². The Morgan fingerprint density at radius 2 is 1.72 bits per heavy atom. The first kappa shape index (κ1) is 21.1. The lowest BCUT2D eigenvalue weighted by atomic mass is 10.2. The molecule has 0 aromatic heterocycles. The Balaban J connectivity index is 2.72. The molecule has 0 atom stereocenters. The normalized spacial score (nSPS) is 9.96. The second-order valence-corrected chi connectivity index (χ2v) is 5.86. The Hall–Kier alpha value is -1.93. The van der Waals surface area contributed by atoms with Gasteiger partial charge in [-0.05, 0) is 37.2 Å². The highest BCUT2D eigenvalue weighted by molar-refractivity contribution is 7.80. The molecule has 7 nitrogen and oxygen atoms in total. The summed E-state index contributed by atoms with van der Waals surface area (Å²) in [4.78, 5) is 18.7. The fourth-order valence-corrected chi connectivity index (χ4v) is 2.54. The largest absolute Gasteiger partial charge is 0.495 e. The van der Waals surface area contributed by atoms with Crippen LogP contribution in [0.3, 0.4) is 0 Å². The number of anilines is 1. The Morgan fingerprint density at radius 3 is 2.24 bits per heavy atom. The van der Waals surface area contributed by atoms with E-state index in [2.05, 4.69) is 10.8 Å². The van der Waals surface area contributed by atoms with Crippen LogP contribution in [0.5, 0.6) is 11.5 Å². The molecule has 0 aliphatic carbocycles. The summed E-state index contributed by atoms with van der Waals surface area (Å²) in [6.07, 6.45) is 1.19. The molecule has 0 radical (unpaired) electrons. The summed E-state index contributed by atoms with van der Waals surface area (Å²) >= 11 is 11.4. The monoisotopic (exact) mass is 389 g/mol. The number of amides is 1. The fourth-order valence-electron chi connectivity index (χ4n) is 2.11. The van der Waals surface area contributed by atoms with Crippen LogP contribution in [-0.2, 0) is 4.84 Å². The van der Waals surface area contributed by atoms with Crippen molar-refractivity contribution in [1.82, 2.24) is 10.4 Å². The number of ether oxygens (including phenoxy) is 2. The molecule has 1 aromatic carbocycles. The van der Waals surface area contributed by atoms with Gasteiger partial charge in [0, 0.05) is 13.1 Å². The van der Waals surface area contributed by atoms with Gasteiger partial charge in [-0.15, -0.1) is 0 Å². The number of nitrogens with zero attached hydrogens (tertiary/aromatic N) is 1. The molecule has 1 aromatic rings. The smallest absolute Gasteiger partial charge is 0.434 e. The molecule has 140 valence electrons. The number of hydrogen-bond acceptors (Lipinski definition) is 5. The predicted octanol–water partition coefficient (Wildman–Crippen LogP) is 3.82. The molecule has 0 saturated carbocycles. The van der Waals surface area contributed by atoms with Crippen molar-refractivity contribution in [3.8, 4) is 11.5 Å². The maximum Gasteiger partial charge on any atom is 0.434 e. The number of rotatable bonds is 7. The molecular weight excluding hydrogens is 366 g/mol.